The standard InChI is InChI=1S/C10H22N2O2.CH2O/c1-8-7-9(5-6-13-8)11-12-14-10(2,3)4;1-2/h8-9,11-12H,5-7H2,1-4H3;1H2/t8-,9-;/m1./s1. The zero-order valence-electron chi connectivity index (χ0n) is 10.7. The Bertz CT molecular complexity index is 183. The van der Waals surface area contributed by atoms with Gasteiger partial charge in [0.25, 0.3) is 0 Å². The number of rotatable bonds is 3. The van der Waals surface area contributed by atoms with Crippen molar-refractivity contribution in [1.29, 1.82) is 0 Å². The normalized spacial score (nSPS) is 25.8. The first-order chi connectivity index (χ1) is 7.47. The van der Waals surface area contributed by atoms with Gasteiger partial charge in [-0.15, -0.1) is 5.59 Å². The molecule has 5 nitrogen and oxygen atoms in total. The van der Waals surface area contributed by atoms with Gasteiger partial charge in [-0.25, -0.2) is 5.43 Å². The first-order valence-corrected chi connectivity index (χ1v) is 5.56. The van der Waals surface area contributed by atoms with E-state index in [2.05, 4.69) is 17.9 Å². The first-order valence-electron chi connectivity index (χ1n) is 5.56. The van der Waals surface area contributed by atoms with Crippen LogP contribution in [0.15, 0.2) is 0 Å². The summed E-state index contributed by atoms with van der Waals surface area (Å²) in [5, 5.41) is 0. The Balaban J connectivity index is 0.00000106. The van der Waals surface area contributed by atoms with Gasteiger partial charge in [0.15, 0.2) is 0 Å². The molecule has 0 amide bonds. The molecule has 1 rings (SSSR count). The van der Waals surface area contributed by atoms with E-state index >= 15 is 0 Å². The smallest absolute Gasteiger partial charge is 0.106 e. The van der Waals surface area contributed by atoms with E-state index in [-0.39, 0.29) is 5.60 Å². The van der Waals surface area contributed by atoms with Crippen molar-refractivity contribution in [3.05, 3.63) is 0 Å². The molecule has 1 aliphatic heterocycles. The van der Waals surface area contributed by atoms with Crippen LogP contribution in [0.1, 0.15) is 40.5 Å². The maximum atomic E-state index is 8.00. The van der Waals surface area contributed by atoms with Gasteiger partial charge in [0, 0.05) is 12.6 Å². The maximum Gasteiger partial charge on any atom is 0.106 e. The van der Waals surface area contributed by atoms with Crippen molar-refractivity contribution in [2.45, 2.75) is 58.3 Å². The molecule has 2 atom stereocenters. The third kappa shape index (κ3) is 7.76. The zero-order valence-corrected chi connectivity index (χ0v) is 10.7. The Morgan fingerprint density at radius 2 is 2.00 bits per heavy atom. The minimum absolute atomic E-state index is 0.163. The van der Waals surface area contributed by atoms with E-state index in [1.165, 1.54) is 0 Å². The van der Waals surface area contributed by atoms with Crippen LogP contribution in [0.5, 0.6) is 0 Å². The number of nitrogens with one attached hydrogen (secondary N) is 2. The monoisotopic (exact) mass is 232 g/mol. The number of hydrogen-bond donors (Lipinski definition) is 2. The molecular weight excluding hydrogens is 208 g/mol. The van der Waals surface area contributed by atoms with E-state index in [9.17, 15) is 0 Å². The van der Waals surface area contributed by atoms with Crippen LogP contribution in [-0.2, 0) is 14.4 Å². The molecule has 1 saturated heterocycles. The highest BCUT2D eigenvalue weighted by molar-refractivity contribution is 5.10. The number of carbonyl (C=O) groups is 1. The molecule has 1 heterocycles. The van der Waals surface area contributed by atoms with Gasteiger partial charge in [-0.2, -0.15) is 0 Å². The second-order valence-electron chi connectivity index (χ2n) is 4.86. The van der Waals surface area contributed by atoms with Gasteiger partial charge in [0.05, 0.1) is 11.7 Å². The highest BCUT2D eigenvalue weighted by Crippen LogP contribution is 2.12. The molecule has 0 unspecified atom stereocenters. The van der Waals surface area contributed by atoms with Crippen LogP contribution in [0.25, 0.3) is 0 Å². The van der Waals surface area contributed by atoms with Crippen molar-refractivity contribution in [3.63, 3.8) is 0 Å². The fourth-order valence-electron chi connectivity index (χ4n) is 1.40. The van der Waals surface area contributed by atoms with Crippen molar-refractivity contribution in [2.75, 3.05) is 6.61 Å². The van der Waals surface area contributed by atoms with Gasteiger partial charge < -0.3 is 9.53 Å². The molecule has 0 saturated carbocycles. The molecule has 0 radical (unpaired) electrons. The van der Waals surface area contributed by atoms with Gasteiger partial charge in [0.2, 0.25) is 0 Å². The van der Waals surface area contributed by atoms with E-state index in [4.69, 9.17) is 14.4 Å². The second kappa shape index (κ2) is 7.73. The lowest BCUT2D eigenvalue weighted by Gasteiger charge is -2.29. The van der Waals surface area contributed by atoms with E-state index in [0.29, 0.717) is 12.1 Å². The van der Waals surface area contributed by atoms with Crippen molar-refractivity contribution in [1.82, 2.24) is 11.0 Å². The Kier molecular flexibility index (Phi) is 7.49. The predicted octanol–water partition coefficient (Wildman–Crippen LogP) is 1.19. The van der Waals surface area contributed by atoms with Crippen LogP contribution in [0, 0.1) is 0 Å². The number of ether oxygens (including phenoxy) is 1. The molecule has 96 valence electrons. The third-order valence-electron chi connectivity index (χ3n) is 2.11. The summed E-state index contributed by atoms with van der Waals surface area (Å²) in [6.07, 6.45) is 2.41. The summed E-state index contributed by atoms with van der Waals surface area (Å²) in [4.78, 5) is 13.4. The van der Waals surface area contributed by atoms with E-state index in [1.54, 1.807) is 0 Å². The summed E-state index contributed by atoms with van der Waals surface area (Å²) in [6.45, 7) is 10.9. The zero-order chi connectivity index (χ0) is 12.6. The quantitative estimate of drug-likeness (QED) is 0.716. The molecule has 5 heteroatoms. The molecule has 0 aromatic carbocycles. The molecule has 2 N–H and O–H groups in total. The fraction of sp³-hybridized carbons (Fsp3) is 0.909. The molecule has 1 aliphatic rings. The van der Waals surface area contributed by atoms with Gasteiger partial charge >= 0.3 is 0 Å². The van der Waals surface area contributed by atoms with Crippen LogP contribution < -0.4 is 11.0 Å². The van der Waals surface area contributed by atoms with Crippen LogP contribution >= 0.6 is 0 Å². The van der Waals surface area contributed by atoms with E-state index in [1.807, 2.05) is 27.6 Å². The fourth-order valence-corrected chi connectivity index (χ4v) is 1.40. The van der Waals surface area contributed by atoms with Gasteiger partial charge in [0.1, 0.15) is 6.79 Å². The summed E-state index contributed by atoms with van der Waals surface area (Å²) in [5.41, 5.74) is 5.80. The SMILES string of the molecule is C=O.C[C@@H]1C[C@H](NNOC(C)(C)C)CCO1. The van der Waals surface area contributed by atoms with Crippen LogP contribution in [-0.4, -0.2) is 31.1 Å². The molecule has 0 aromatic rings. The summed E-state index contributed by atoms with van der Waals surface area (Å²) < 4.78 is 5.45. The van der Waals surface area contributed by atoms with Crippen LogP contribution in [0.2, 0.25) is 0 Å². The van der Waals surface area contributed by atoms with Crippen LogP contribution in [0.4, 0.5) is 0 Å². The van der Waals surface area contributed by atoms with Crippen molar-refractivity contribution < 1.29 is 14.4 Å². The highest BCUT2D eigenvalue weighted by Gasteiger charge is 2.19. The minimum Gasteiger partial charge on any atom is -0.378 e. The predicted molar refractivity (Wildman–Crippen MR) is 62.7 cm³/mol. The lowest BCUT2D eigenvalue weighted by Crippen LogP contribution is -2.47. The van der Waals surface area contributed by atoms with Gasteiger partial charge in [-0.3, -0.25) is 4.84 Å². The lowest BCUT2D eigenvalue weighted by atomic mass is 10.1. The van der Waals surface area contributed by atoms with Crippen molar-refractivity contribution >= 4 is 6.79 Å². The Morgan fingerprint density at radius 3 is 2.50 bits per heavy atom. The van der Waals surface area contributed by atoms with Crippen molar-refractivity contribution in [2.24, 2.45) is 0 Å². The molecule has 0 aliphatic carbocycles. The molecule has 16 heavy (non-hydrogen) atoms. The Labute approximate surface area is 97.8 Å². The van der Waals surface area contributed by atoms with Gasteiger partial charge in [-0.05, 0) is 40.5 Å². The largest absolute Gasteiger partial charge is 0.378 e. The summed E-state index contributed by atoms with van der Waals surface area (Å²) in [6, 6.07) is 0.445. The van der Waals surface area contributed by atoms with E-state index in [0.717, 1.165) is 19.4 Å². The highest BCUT2D eigenvalue weighted by atomic mass is 16.7. The Hall–Kier alpha value is -0.490. The number of hydrogen-bond acceptors (Lipinski definition) is 5. The first kappa shape index (κ1) is 15.5. The number of hydrazine groups is 1. The Morgan fingerprint density at radius 1 is 1.38 bits per heavy atom. The summed E-state index contributed by atoms with van der Waals surface area (Å²) in [7, 11) is 0. The second-order valence-corrected chi connectivity index (χ2v) is 4.86. The third-order valence-corrected chi connectivity index (χ3v) is 2.11. The molecule has 0 bridgehead atoms. The lowest BCUT2D eigenvalue weighted by molar-refractivity contribution is -0.105. The topological polar surface area (TPSA) is 59.6 Å². The molecule has 0 aromatic heterocycles. The van der Waals surface area contributed by atoms with Crippen LogP contribution in [0.3, 0.4) is 0 Å². The van der Waals surface area contributed by atoms with Crippen molar-refractivity contribution in [3.8, 4) is 0 Å². The average Bonchev–Trinajstić information content (AvgIpc) is 2.19. The molecule has 0 spiro atoms. The minimum atomic E-state index is -0.163. The molecule has 1 fully saturated rings. The molecular formula is C11H24N2O3. The summed E-state index contributed by atoms with van der Waals surface area (Å²) >= 11 is 0. The van der Waals surface area contributed by atoms with Gasteiger partial charge in [-0.1, -0.05) is 0 Å². The maximum absolute atomic E-state index is 8.00. The summed E-state index contributed by atoms with van der Waals surface area (Å²) in [5.74, 6) is 0. The van der Waals surface area contributed by atoms with E-state index < -0.39 is 0 Å². The number of carbonyl (C=O) groups excluding carboxylic acids is 1. The average molecular weight is 232 g/mol.